The second kappa shape index (κ2) is 14.1. The van der Waals surface area contributed by atoms with Crippen molar-refractivity contribution in [1.82, 2.24) is 0 Å². The molecule has 0 aromatic heterocycles. The van der Waals surface area contributed by atoms with Gasteiger partial charge in [0, 0.05) is 0 Å². The fraction of sp³-hybridized carbons (Fsp3) is 0.833. The van der Waals surface area contributed by atoms with Crippen LogP contribution >= 0.6 is 0 Å². The SMILES string of the molecule is C[C@@H](O)[C@H](O)[C@H](O)[C@H](C=O)OS(=O)(=O)O.O=C[C@@H](O)[C@@H](O)[C@H](O)[C@@H](CO)OS(=O)(=O)O. The monoisotopic (exact) mass is 504 g/mol. The van der Waals surface area contributed by atoms with E-state index in [0.29, 0.717) is 0 Å². The van der Waals surface area contributed by atoms with Gasteiger partial charge in [-0.1, -0.05) is 0 Å². The highest BCUT2D eigenvalue weighted by Crippen LogP contribution is 2.10. The first-order valence-electron chi connectivity index (χ1n) is 7.83. The fourth-order valence-electron chi connectivity index (χ4n) is 1.63. The van der Waals surface area contributed by atoms with Crippen LogP contribution in [0.4, 0.5) is 0 Å². The van der Waals surface area contributed by atoms with Crippen molar-refractivity contribution in [2.24, 2.45) is 0 Å². The maximum absolute atomic E-state index is 10.3. The minimum atomic E-state index is -4.95. The molecule has 186 valence electrons. The Labute approximate surface area is 176 Å². The average Bonchev–Trinajstić information content (AvgIpc) is 2.66. The van der Waals surface area contributed by atoms with Gasteiger partial charge < -0.3 is 45.3 Å². The zero-order valence-electron chi connectivity index (χ0n) is 15.6. The van der Waals surface area contributed by atoms with Gasteiger partial charge in [0.05, 0.1) is 12.7 Å². The van der Waals surface area contributed by atoms with Crippen molar-refractivity contribution >= 4 is 33.4 Å². The highest BCUT2D eigenvalue weighted by atomic mass is 32.3. The number of carbonyl (C=O) groups excluding carboxylic acids is 2. The number of aldehydes is 2. The molecule has 0 aliphatic rings. The van der Waals surface area contributed by atoms with E-state index in [9.17, 15) is 31.5 Å². The Morgan fingerprint density at radius 3 is 1.48 bits per heavy atom. The van der Waals surface area contributed by atoms with Gasteiger partial charge in [0.2, 0.25) is 0 Å². The smallest absolute Gasteiger partial charge is 0.394 e. The van der Waals surface area contributed by atoms with Crippen LogP contribution in [0.2, 0.25) is 0 Å². The van der Waals surface area contributed by atoms with Crippen LogP contribution in [0.15, 0.2) is 0 Å². The first-order valence-corrected chi connectivity index (χ1v) is 10.6. The van der Waals surface area contributed by atoms with E-state index in [1.807, 2.05) is 0 Å². The summed E-state index contributed by atoms with van der Waals surface area (Å²) in [5, 5.41) is 62.8. The van der Waals surface area contributed by atoms with Crippen molar-refractivity contribution in [3.8, 4) is 0 Å². The molecule has 31 heavy (non-hydrogen) atoms. The summed E-state index contributed by atoms with van der Waals surface area (Å²) in [6.45, 7) is 0.0484. The predicted octanol–water partition coefficient (Wildman–Crippen LogP) is -6.08. The third-order valence-corrected chi connectivity index (χ3v) is 4.15. The molecule has 9 N–H and O–H groups in total. The number of aliphatic hydroxyl groups is 7. The van der Waals surface area contributed by atoms with Crippen molar-refractivity contribution in [3.63, 3.8) is 0 Å². The predicted molar refractivity (Wildman–Crippen MR) is 93.8 cm³/mol. The quantitative estimate of drug-likeness (QED) is 0.0832. The minimum Gasteiger partial charge on any atom is -0.394 e. The van der Waals surface area contributed by atoms with Crippen LogP contribution in [-0.2, 0) is 38.8 Å². The molecule has 0 amide bonds. The Hall–Kier alpha value is -1.20. The second-order valence-electron chi connectivity index (χ2n) is 5.70. The number of carbonyl (C=O) groups is 2. The van der Waals surface area contributed by atoms with Gasteiger partial charge >= 0.3 is 20.8 Å². The maximum Gasteiger partial charge on any atom is 0.398 e. The summed E-state index contributed by atoms with van der Waals surface area (Å²) in [6.07, 6.45) is -15.4. The van der Waals surface area contributed by atoms with Crippen molar-refractivity contribution in [1.29, 1.82) is 0 Å². The molecule has 0 unspecified atom stereocenters. The first kappa shape index (κ1) is 32.0. The number of hydrogen-bond donors (Lipinski definition) is 9. The molecule has 0 heterocycles. The molecule has 19 heteroatoms. The van der Waals surface area contributed by atoms with E-state index in [0.717, 1.165) is 6.92 Å². The Balaban J connectivity index is 0. The van der Waals surface area contributed by atoms with Crippen LogP contribution in [0.3, 0.4) is 0 Å². The summed E-state index contributed by atoms with van der Waals surface area (Å²) in [6, 6.07) is 0. The highest BCUT2D eigenvalue weighted by molar-refractivity contribution is 7.81. The largest absolute Gasteiger partial charge is 0.398 e. The summed E-state index contributed by atoms with van der Waals surface area (Å²) in [4.78, 5) is 20.4. The molecular weight excluding hydrogens is 480 g/mol. The molecule has 0 aromatic carbocycles. The van der Waals surface area contributed by atoms with Gasteiger partial charge in [-0.25, -0.2) is 8.37 Å². The Morgan fingerprint density at radius 1 is 0.742 bits per heavy atom. The van der Waals surface area contributed by atoms with Crippen LogP contribution in [0, 0.1) is 0 Å². The van der Waals surface area contributed by atoms with Crippen LogP contribution in [0.25, 0.3) is 0 Å². The van der Waals surface area contributed by atoms with Gasteiger partial charge in [0.15, 0.2) is 18.7 Å². The van der Waals surface area contributed by atoms with E-state index in [2.05, 4.69) is 8.37 Å². The Morgan fingerprint density at radius 2 is 1.19 bits per heavy atom. The highest BCUT2D eigenvalue weighted by Gasteiger charge is 2.34. The molecule has 0 fully saturated rings. The molecule has 0 saturated heterocycles. The van der Waals surface area contributed by atoms with Crippen LogP contribution < -0.4 is 0 Å². The van der Waals surface area contributed by atoms with Crippen LogP contribution in [-0.4, -0.2) is 130 Å². The molecule has 0 rings (SSSR count). The molecule has 0 aliphatic carbocycles. The molecule has 0 saturated carbocycles. The van der Waals surface area contributed by atoms with Crippen molar-refractivity contribution in [2.75, 3.05) is 6.61 Å². The average molecular weight is 504 g/mol. The van der Waals surface area contributed by atoms with E-state index in [4.69, 9.17) is 39.7 Å². The maximum atomic E-state index is 10.3. The lowest BCUT2D eigenvalue weighted by atomic mass is 10.0. The van der Waals surface area contributed by atoms with Gasteiger partial charge in [0.1, 0.15) is 36.6 Å². The first-order chi connectivity index (χ1) is 13.9. The third-order valence-electron chi connectivity index (χ3n) is 3.19. The van der Waals surface area contributed by atoms with E-state index in [1.54, 1.807) is 0 Å². The lowest BCUT2D eigenvalue weighted by Gasteiger charge is -2.24. The minimum absolute atomic E-state index is 0.101. The van der Waals surface area contributed by atoms with Crippen molar-refractivity contribution < 1.29 is 79.6 Å². The Kier molecular flexibility index (Phi) is 14.5. The second-order valence-corrected chi connectivity index (χ2v) is 7.80. The van der Waals surface area contributed by atoms with Gasteiger partial charge in [0.25, 0.3) is 0 Å². The zero-order valence-corrected chi connectivity index (χ0v) is 17.2. The van der Waals surface area contributed by atoms with E-state index < -0.39 is 76.2 Å². The topological polar surface area (TPSA) is 303 Å². The summed E-state index contributed by atoms with van der Waals surface area (Å²) < 4.78 is 65.0. The lowest BCUT2D eigenvalue weighted by Crippen LogP contribution is -2.48. The van der Waals surface area contributed by atoms with Gasteiger partial charge in [-0.2, -0.15) is 16.8 Å². The summed E-state index contributed by atoms with van der Waals surface area (Å²) in [5.74, 6) is 0. The summed E-state index contributed by atoms with van der Waals surface area (Å²) in [5.41, 5.74) is 0. The molecule has 0 bridgehead atoms. The summed E-state index contributed by atoms with van der Waals surface area (Å²) >= 11 is 0. The zero-order chi connectivity index (χ0) is 25.2. The Bertz CT molecular complexity index is 734. The molecule has 8 atom stereocenters. The number of hydrogen-bond acceptors (Lipinski definition) is 15. The van der Waals surface area contributed by atoms with E-state index >= 15 is 0 Å². The van der Waals surface area contributed by atoms with Gasteiger partial charge in [-0.15, -0.1) is 0 Å². The number of rotatable bonds is 13. The molecule has 0 radical (unpaired) electrons. The summed E-state index contributed by atoms with van der Waals surface area (Å²) in [7, 11) is -9.87. The molecule has 0 aromatic rings. The molecule has 0 spiro atoms. The fourth-order valence-corrected chi connectivity index (χ4v) is 2.56. The number of aliphatic hydroxyl groups excluding tert-OH is 7. The molecule has 17 nitrogen and oxygen atoms in total. The lowest BCUT2D eigenvalue weighted by molar-refractivity contribution is -0.134. The molecule has 0 aliphatic heterocycles. The van der Waals surface area contributed by atoms with Crippen molar-refractivity contribution in [2.45, 2.75) is 55.8 Å². The van der Waals surface area contributed by atoms with Crippen LogP contribution in [0.5, 0.6) is 0 Å². The normalized spacial score (nSPS) is 20.1. The van der Waals surface area contributed by atoms with Gasteiger partial charge in [-0.05, 0) is 6.92 Å². The molecular formula is C12H24O17S2. The standard InChI is InChI=1S/C6H12O9S.C6H12O8S/c7-1-3(9)5(10)6(11)4(2-8)15-16(12,13)14;1-3(8)5(9)6(10)4(2-7)14-15(11,12)13/h1,3-6,8-11H,2H2,(H,12,13,14);2-6,8-10H,1H3,(H,11,12,13)/t3-,4-,5-,6-;3-,4+,5+,6-/m11/s1. The van der Waals surface area contributed by atoms with E-state index in [1.165, 1.54) is 0 Å². The third kappa shape index (κ3) is 13.7. The van der Waals surface area contributed by atoms with Crippen LogP contribution in [0.1, 0.15) is 6.92 Å². The van der Waals surface area contributed by atoms with Crippen molar-refractivity contribution in [3.05, 3.63) is 0 Å². The van der Waals surface area contributed by atoms with E-state index in [-0.39, 0.29) is 12.6 Å². The van der Waals surface area contributed by atoms with Gasteiger partial charge in [-0.3, -0.25) is 9.11 Å².